The lowest BCUT2D eigenvalue weighted by Gasteiger charge is -2.48. The maximum Gasteiger partial charge on any atom is 0.220 e. The average molecular weight is 1270 g/mol. The van der Waals surface area contributed by atoms with E-state index in [1.165, 1.54) is 212 Å². The van der Waals surface area contributed by atoms with Crippen LogP contribution in [0.3, 0.4) is 0 Å². The summed E-state index contributed by atoms with van der Waals surface area (Å²) in [6, 6.07) is -0.986. The Morgan fingerprint density at radius 1 is 0.393 bits per heavy atom. The van der Waals surface area contributed by atoms with Crippen molar-refractivity contribution in [1.29, 1.82) is 0 Å². The third-order valence-corrected chi connectivity index (χ3v) is 18.3. The molecule has 17 atom stereocenters. The number of nitrogens with one attached hydrogen (secondary N) is 1. The van der Waals surface area contributed by atoms with Gasteiger partial charge < -0.3 is 89.9 Å². The summed E-state index contributed by atoms with van der Waals surface area (Å²) in [4.78, 5) is 13.4. The summed E-state index contributed by atoms with van der Waals surface area (Å²) >= 11 is 0. The van der Waals surface area contributed by atoms with E-state index in [2.05, 4.69) is 31.3 Å². The number of ether oxygens (including phenoxy) is 6. The highest BCUT2D eigenvalue weighted by atomic mass is 16.8. The average Bonchev–Trinajstić information content (AvgIpc) is 1.93. The summed E-state index contributed by atoms with van der Waals surface area (Å²) in [5.74, 6) is -0.280. The van der Waals surface area contributed by atoms with Crippen molar-refractivity contribution in [3.63, 3.8) is 0 Å². The van der Waals surface area contributed by atoms with E-state index in [0.717, 1.165) is 38.5 Å². The number of carbonyl (C=O) groups excluding carboxylic acids is 1. The largest absolute Gasteiger partial charge is 0.394 e. The second-order valence-electron chi connectivity index (χ2n) is 26.1. The normalized spacial score (nSPS) is 28.3. The molecule has 17 unspecified atom stereocenters. The first-order chi connectivity index (χ1) is 43.3. The Bertz CT molecular complexity index is 1710. The van der Waals surface area contributed by atoms with E-state index in [4.69, 9.17) is 28.4 Å². The molecule has 0 aromatic heterocycles. The van der Waals surface area contributed by atoms with Gasteiger partial charge in [-0.05, 0) is 32.1 Å². The minimum atomic E-state index is -1.98. The van der Waals surface area contributed by atoms with E-state index in [1.807, 2.05) is 6.08 Å². The van der Waals surface area contributed by atoms with Gasteiger partial charge >= 0.3 is 0 Å². The Morgan fingerprint density at radius 3 is 1.12 bits per heavy atom. The van der Waals surface area contributed by atoms with Gasteiger partial charge in [0, 0.05) is 6.42 Å². The Kier molecular flexibility index (Phi) is 48.1. The molecule has 3 heterocycles. The molecule has 3 saturated heterocycles. The number of aliphatic hydroxyl groups is 11. The number of allylic oxidation sites excluding steroid dienone is 3. The molecule has 0 aromatic carbocycles. The monoisotopic (exact) mass is 1270 g/mol. The van der Waals surface area contributed by atoms with E-state index in [1.54, 1.807) is 6.08 Å². The van der Waals surface area contributed by atoms with Crippen molar-refractivity contribution < 1.29 is 89.4 Å². The van der Waals surface area contributed by atoms with Crippen molar-refractivity contribution in [1.82, 2.24) is 5.32 Å². The molecule has 3 rings (SSSR count). The lowest BCUT2D eigenvalue weighted by molar-refractivity contribution is -0.379. The third-order valence-electron chi connectivity index (χ3n) is 18.3. The molecule has 3 aliphatic heterocycles. The van der Waals surface area contributed by atoms with Crippen LogP contribution in [0.4, 0.5) is 0 Å². The third kappa shape index (κ3) is 34.5. The van der Waals surface area contributed by atoms with Crippen LogP contribution in [-0.2, 0) is 33.2 Å². The van der Waals surface area contributed by atoms with Gasteiger partial charge in [0.1, 0.15) is 73.2 Å². The van der Waals surface area contributed by atoms with E-state index < -0.39 is 124 Å². The molecule has 19 heteroatoms. The minimum Gasteiger partial charge on any atom is -0.394 e. The van der Waals surface area contributed by atoms with Gasteiger partial charge in [-0.1, -0.05) is 269 Å². The van der Waals surface area contributed by atoms with Crippen molar-refractivity contribution in [3.8, 4) is 0 Å². The molecule has 1 amide bonds. The smallest absolute Gasteiger partial charge is 0.220 e. The fourth-order valence-corrected chi connectivity index (χ4v) is 12.4. The zero-order chi connectivity index (χ0) is 64.7. The predicted octanol–water partition coefficient (Wildman–Crippen LogP) is 9.83. The second-order valence-corrected chi connectivity index (χ2v) is 26.1. The molecule has 3 fully saturated rings. The molecule has 0 aliphatic carbocycles. The van der Waals surface area contributed by atoms with E-state index in [-0.39, 0.29) is 18.9 Å². The maximum absolute atomic E-state index is 13.4. The Labute approximate surface area is 537 Å². The van der Waals surface area contributed by atoms with Gasteiger partial charge in [-0.3, -0.25) is 4.79 Å². The van der Waals surface area contributed by atoms with Crippen LogP contribution < -0.4 is 5.32 Å². The predicted molar refractivity (Wildman–Crippen MR) is 346 cm³/mol. The first kappa shape index (κ1) is 81.5. The fraction of sp³-hybridized carbons (Fsp3) is 0.929. The summed E-state index contributed by atoms with van der Waals surface area (Å²) in [7, 11) is 0. The Hall–Kier alpha value is -1.73. The minimum absolute atomic E-state index is 0.241. The molecule has 0 bridgehead atoms. The summed E-state index contributed by atoms with van der Waals surface area (Å²) in [6.45, 7) is 1.74. The van der Waals surface area contributed by atoms with Crippen molar-refractivity contribution >= 4 is 5.91 Å². The number of unbranched alkanes of at least 4 members (excludes halogenated alkanes) is 38. The number of rotatable bonds is 56. The van der Waals surface area contributed by atoms with Crippen LogP contribution in [0.25, 0.3) is 0 Å². The number of hydrogen-bond donors (Lipinski definition) is 12. The molecule has 89 heavy (non-hydrogen) atoms. The van der Waals surface area contributed by atoms with E-state index in [0.29, 0.717) is 12.8 Å². The topological polar surface area (TPSA) is 307 Å². The number of carbonyl (C=O) groups is 1. The first-order valence-electron chi connectivity index (χ1n) is 36.1. The van der Waals surface area contributed by atoms with Crippen LogP contribution in [0.1, 0.15) is 284 Å². The molecular weight excluding hydrogens is 1140 g/mol. The summed E-state index contributed by atoms with van der Waals surface area (Å²) in [5, 5.41) is 120. The lowest BCUT2D eigenvalue weighted by Crippen LogP contribution is -2.66. The van der Waals surface area contributed by atoms with Crippen molar-refractivity contribution in [2.24, 2.45) is 0 Å². The molecule has 0 saturated carbocycles. The molecule has 524 valence electrons. The van der Waals surface area contributed by atoms with Gasteiger partial charge in [0.25, 0.3) is 0 Å². The molecule has 3 aliphatic rings. The SMILES string of the molecule is CCCCCCCCCCCC/C=C/CC/C=C/C(O)C(COC1OC(CO)C(OC2OC(CO)C(OC3OC(CO)C(O)C(O)C3O)C(O)C2O)C(O)C1O)NC(=O)CCCCCCCCCCCCCCCCCCCCCCCCCCCCCC. The van der Waals surface area contributed by atoms with Crippen LogP contribution in [-0.4, -0.2) is 193 Å². The van der Waals surface area contributed by atoms with Crippen LogP contribution in [0, 0.1) is 0 Å². The van der Waals surface area contributed by atoms with Gasteiger partial charge in [-0.25, -0.2) is 0 Å². The van der Waals surface area contributed by atoms with Crippen molar-refractivity contribution in [2.75, 3.05) is 26.4 Å². The van der Waals surface area contributed by atoms with Gasteiger partial charge in [0.15, 0.2) is 18.9 Å². The van der Waals surface area contributed by atoms with Gasteiger partial charge in [-0.2, -0.15) is 0 Å². The highest BCUT2D eigenvalue weighted by Gasteiger charge is 2.53. The van der Waals surface area contributed by atoms with E-state index >= 15 is 0 Å². The van der Waals surface area contributed by atoms with Gasteiger partial charge in [-0.15, -0.1) is 0 Å². The lowest BCUT2D eigenvalue weighted by atomic mass is 9.96. The second kappa shape index (κ2) is 52.5. The first-order valence-corrected chi connectivity index (χ1v) is 36.1. The molecule has 12 N–H and O–H groups in total. The zero-order valence-corrected chi connectivity index (χ0v) is 55.4. The number of aliphatic hydroxyl groups excluding tert-OH is 11. The fourth-order valence-electron chi connectivity index (χ4n) is 12.4. The van der Waals surface area contributed by atoms with Crippen LogP contribution in [0.2, 0.25) is 0 Å². The maximum atomic E-state index is 13.4. The van der Waals surface area contributed by atoms with Crippen molar-refractivity contribution in [3.05, 3.63) is 24.3 Å². The zero-order valence-electron chi connectivity index (χ0n) is 55.4. The Balaban J connectivity index is 1.40. The molecular formula is C70H131NO18. The van der Waals surface area contributed by atoms with Gasteiger partial charge in [0.2, 0.25) is 5.91 Å². The van der Waals surface area contributed by atoms with Crippen LogP contribution >= 0.6 is 0 Å². The number of amides is 1. The molecule has 0 radical (unpaired) electrons. The summed E-state index contributed by atoms with van der Waals surface area (Å²) < 4.78 is 34.3. The van der Waals surface area contributed by atoms with Gasteiger partial charge in [0.05, 0.1) is 38.6 Å². The highest BCUT2D eigenvalue weighted by molar-refractivity contribution is 5.76. The Morgan fingerprint density at radius 2 is 0.719 bits per heavy atom. The van der Waals surface area contributed by atoms with Crippen molar-refractivity contribution in [2.45, 2.75) is 388 Å². The van der Waals surface area contributed by atoms with Crippen LogP contribution in [0.5, 0.6) is 0 Å². The molecule has 0 spiro atoms. The highest BCUT2D eigenvalue weighted by Crippen LogP contribution is 2.33. The quantitative estimate of drug-likeness (QED) is 0.0199. The van der Waals surface area contributed by atoms with Crippen LogP contribution in [0.15, 0.2) is 24.3 Å². The molecule has 0 aromatic rings. The number of hydrogen-bond acceptors (Lipinski definition) is 18. The molecule has 19 nitrogen and oxygen atoms in total. The standard InChI is InChI=1S/C70H131NO18/c1-3-5-7-9-11-13-15-17-19-21-22-23-24-25-26-27-28-29-30-31-32-34-36-38-40-42-44-46-48-58(76)71-53(54(75)47-45-43-41-39-37-35-33-20-18-16-14-12-10-8-6-4-2)52-84-68-64(82)61(79)66(56(50-73)86-68)89-70-65(83)62(80)67(57(51-74)87-70)88-69-63(81)60(78)59(77)55(49-72)85-69/h37,39,45,47,53-57,59-70,72-75,77-83H,3-36,38,40-44,46,48-52H2,1-2H3,(H,71,76)/b39-37+,47-45+. The summed E-state index contributed by atoms with van der Waals surface area (Å²) in [5.41, 5.74) is 0. The summed E-state index contributed by atoms with van der Waals surface area (Å²) in [6.07, 6.45) is 33.1. The van der Waals surface area contributed by atoms with E-state index in [9.17, 15) is 61.0 Å².